The van der Waals surface area contributed by atoms with Crippen molar-refractivity contribution in [3.8, 4) is 0 Å². The predicted octanol–water partition coefficient (Wildman–Crippen LogP) is 4.40. The first-order chi connectivity index (χ1) is 10.3. The Hall–Kier alpha value is -2.10. The van der Waals surface area contributed by atoms with E-state index in [0.29, 0.717) is 6.54 Å². The van der Waals surface area contributed by atoms with E-state index < -0.39 is 5.60 Å². The van der Waals surface area contributed by atoms with Crippen molar-refractivity contribution in [3.05, 3.63) is 54.4 Å². The van der Waals surface area contributed by atoms with Crippen molar-refractivity contribution in [2.24, 2.45) is 0 Å². The summed E-state index contributed by atoms with van der Waals surface area (Å²) in [5, 5.41) is 0. The third-order valence-electron chi connectivity index (χ3n) is 3.42. The number of carbonyl (C=O) groups excluding carboxylic acids is 1. The molecule has 0 N–H and O–H groups in total. The van der Waals surface area contributed by atoms with Gasteiger partial charge < -0.3 is 4.74 Å². The van der Waals surface area contributed by atoms with Crippen molar-refractivity contribution in [2.75, 3.05) is 6.54 Å². The Morgan fingerprint density at radius 3 is 2.55 bits per heavy atom. The first-order valence-electron chi connectivity index (χ1n) is 7.40. The van der Waals surface area contributed by atoms with Crippen LogP contribution in [0.2, 0.25) is 0 Å². The lowest BCUT2D eigenvalue weighted by Crippen LogP contribution is -2.45. The van der Waals surface area contributed by atoms with E-state index in [9.17, 15) is 9.18 Å². The minimum absolute atomic E-state index is 0.269. The van der Waals surface area contributed by atoms with Crippen LogP contribution in [0.3, 0.4) is 0 Å². The fourth-order valence-electron chi connectivity index (χ4n) is 2.50. The topological polar surface area (TPSA) is 29.5 Å². The van der Waals surface area contributed by atoms with Gasteiger partial charge in [-0.25, -0.2) is 9.18 Å². The van der Waals surface area contributed by atoms with Crippen LogP contribution < -0.4 is 0 Å². The minimum Gasteiger partial charge on any atom is -0.444 e. The maximum Gasteiger partial charge on any atom is 0.411 e. The van der Waals surface area contributed by atoms with E-state index in [1.54, 1.807) is 23.1 Å². The Morgan fingerprint density at radius 2 is 2.00 bits per heavy atom. The first kappa shape index (κ1) is 16.3. The zero-order chi connectivity index (χ0) is 16.3. The normalized spacial score (nSPS) is 18.6. The van der Waals surface area contributed by atoms with Crippen LogP contribution in [0, 0.1) is 5.82 Å². The summed E-state index contributed by atoms with van der Waals surface area (Å²) in [5.74, 6) is -0.278. The SMILES string of the molecule is C=CC1C(c2ccc(F)cc2)=CCCN1C(=O)OC(C)(C)C. The van der Waals surface area contributed by atoms with Gasteiger partial charge in [-0.05, 0) is 50.5 Å². The van der Waals surface area contributed by atoms with E-state index in [2.05, 4.69) is 12.7 Å². The highest BCUT2D eigenvalue weighted by Gasteiger charge is 2.31. The van der Waals surface area contributed by atoms with E-state index in [-0.39, 0.29) is 18.0 Å². The summed E-state index contributed by atoms with van der Waals surface area (Å²) in [4.78, 5) is 14.0. The van der Waals surface area contributed by atoms with Crippen LogP contribution in [0.25, 0.3) is 5.57 Å². The zero-order valence-electron chi connectivity index (χ0n) is 13.3. The molecular weight excluding hydrogens is 281 g/mol. The maximum atomic E-state index is 13.1. The number of hydrogen-bond donors (Lipinski definition) is 0. The quantitative estimate of drug-likeness (QED) is 0.758. The molecule has 0 saturated heterocycles. The molecule has 0 radical (unpaired) electrons. The summed E-state index contributed by atoms with van der Waals surface area (Å²) < 4.78 is 18.6. The highest BCUT2D eigenvalue weighted by molar-refractivity contribution is 5.79. The summed E-state index contributed by atoms with van der Waals surface area (Å²) >= 11 is 0. The van der Waals surface area contributed by atoms with Crippen molar-refractivity contribution >= 4 is 11.7 Å². The molecule has 118 valence electrons. The number of carbonyl (C=O) groups is 1. The molecule has 1 aliphatic heterocycles. The molecule has 2 rings (SSSR count). The van der Waals surface area contributed by atoms with Crippen LogP contribution in [0.4, 0.5) is 9.18 Å². The minimum atomic E-state index is -0.542. The van der Waals surface area contributed by atoms with Crippen LogP contribution >= 0.6 is 0 Å². The molecule has 0 bridgehead atoms. The molecule has 1 unspecified atom stereocenters. The second kappa shape index (κ2) is 6.34. The molecule has 1 aromatic rings. The van der Waals surface area contributed by atoms with Gasteiger partial charge in [0.1, 0.15) is 11.4 Å². The third-order valence-corrected chi connectivity index (χ3v) is 3.42. The molecule has 1 amide bonds. The molecule has 0 aromatic heterocycles. The van der Waals surface area contributed by atoms with Crippen LogP contribution in [0.5, 0.6) is 0 Å². The van der Waals surface area contributed by atoms with E-state index in [0.717, 1.165) is 17.6 Å². The average molecular weight is 303 g/mol. The fraction of sp³-hybridized carbons (Fsp3) is 0.389. The lowest BCUT2D eigenvalue weighted by atomic mass is 9.93. The second-order valence-corrected chi connectivity index (χ2v) is 6.31. The van der Waals surface area contributed by atoms with Crippen LogP contribution in [0.15, 0.2) is 43.0 Å². The van der Waals surface area contributed by atoms with Gasteiger partial charge in [0.25, 0.3) is 0 Å². The number of nitrogens with zero attached hydrogens (tertiary/aromatic N) is 1. The molecule has 1 aliphatic rings. The second-order valence-electron chi connectivity index (χ2n) is 6.31. The zero-order valence-corrected chi connectivity index (χ0v) is 13.3. The van der Waals surface area contributed by atoms with Crippen LogP contribution in [0.1, 0.15) is 32.8 Å². The number of halogens is 1. The molecular formula is C18H22FNO2. The van der Waals surface area contributed by atoms with Crippen molar-refractivity contribution < 1.29 is 13.9 Å². The Bertz CT molecular complexity index is 584. The van der Waals surface area contributed by atoms with E-state index in [1.807, 2.05) is 20.8 Å². The number of benzene rings is 1. The summed E-state index contributed by atoms with van der Waals surface area (Å²) in [5.41, 5.74) is 1.30. The van der Waals surface area contributed by atoms with Gasteiger partial charge in [-0.3, -0.25) is 4.90 Å². The maximum absolute atomic E-state index is 13.1. The molecule has 3 nitrogen and oxygen atoms in total. The summed E-state index contributed by atoms with van der Waals surface area (Å²) in [6.07, 6.45) is 4.17. The Morgan fingerprint density at radius 1 is 1.36 bits per heavy atom. The molecule has 0 aliphatic carbocycles. The molecule has 1 atom stereocenters. The smallest absolute Gasteiger partial charge is 0.411 e. The van der Waals surface area contributed by atoms with Crippen molar-refractivity contribution in [1.29, 1.82) is 0 Å². The van der Waals surface area contributed by atoms with Gasteiger partial charge in [-0.1, -0.05) is 24.3 Å². The molecule has 0 fully saturated rings. The Labute approximate surface area is 131 Å². The number of hydrogen-bond acceptors (Lipinski definition) is 2. The van der Waals surface area contributed by atoms with Gasteiger partial charge in [0.2, 0.25) is 0 Å². The molecule has 0 spiro atoms. The monoisotopic (exact) mass is 303 g/mol. The molecule has 22 heavy (non-hydrogen) atoms. The van der Waals surface area contributed by atoms with E-state index >= 15 is 0 Å². The van der Waals surface area contributed by atoms with E-state index in [1.165, 1.54) is 12.1 Å². The molecule has 1 heterocycles. The molecule has 4 heteroatoms. The van der Waals surface area contributed by atoms with Crippen LogP contribution in [-0.4, -0.2) is 29.2 Å². The number of rotatable bonds is 2. The van der Waals surface area contributed by atoms with Gasteiger partial charge >= 0.3 is 6.09 Å². The lowest BCUT2D eigenvalue weighted by molar-refractivity contribution is 0.0231. The molecule has 1 aromatic carbocycles. The summed E-state index contributed by atoms with van der Waals surface area (Å²) in [7, 11) is 0. The largest absolute Gasteiger partial charge is 0.444 e. The highest BCUT2D eigenvalue weighted by atomic mass is 19.1. The fourth-order valence-corrected chi connectivity index (χ4v) is 2.50. The Kier molecular flexibility index (Phi) is 4.69. The first-order valence-corrected chi connectivity index (χ1v) is 7.40. The summed E-state index contributed by atoms with van der Waals surface area (Å²) in [6, 6.07) is 6.01. The highest BCUT2D eigenvalue weighted by Crippen LogP contribution is 2.29. The average Bonchev–Trinajstić information content (AvgIpc) is 2.45. The van der Waals surface area contributed by atoms with E-state index in [4.69, 9.17) is 4.74 Å². The Balaban J connectivity index is 2.26. The third kappa shape index (κ3) is 3.75. The van der Waals surface area contributed by atoms with Crippen molar-refractivity contribution in [2.45, 2.75) is 38.8 Å². The lowest BCUT2D eigenvalue weighted by Gasteiger charge is -2.36. The van der Waals surface area contributed by atoms with Gasteiger partial charge in [0, 0.05) is 6.54 Å². The standard InChI is InChI=1S/C18H22FNO2/c1-5-16-15(13-8-10-14(19)11-9-13)7-6-12-20(16)17(21)22-18(2,3)4/h5,7-11,16H,1,6,12H2,2-4H3. The van der Waals surface area contributed by atoms with Crippen molar-refractivity contribution in [3.63, 3.8) is 0 Å². The van der Waals surface area contributed by atoms with Gasteiger partial charge in [0.15, 0.2) is 0 Å². The number of amides is 1. The van der Waals surface area contributed by atoms with Gasteiger partial charge in [-0.2, -0.15) is 0 Å². The van der Waals surface area contributed by atoms with Crippen molar-refractivity contribution in [1.82, 2.24) is 4.90 Å². The predicted molar refractivity (Wildman–Crippen MR) is 85.9 cm³/mol. The molecule has 0 saturated carbocycles. The summed E-state index contributed by atoms with van der Waals surface area (Å²) in [6.45, 7) is 9.95. The number of ether oxygens (including phenoxy) is 1. The van der Waals surface area contributed by atoms with Gasteiger partial charge in [-0.15, -0.1) is 6.58 Å². The van der Waals surface area contributed by atoms with Gasteiger partial charge in [0.05, 0.1) is 6.04 Å². The van der Waals surface area contributed by atoms with Crippen LogP contribution in [-0.2, 0) is 4.74 Å².